The van der Waals surface area contributed by atoms with Gasteiger partial charge in [-0.2, -0.15) is 0 Å². The minimum Gasteiger partial charge on any atom is -0.478 e. The number of alkyl halides is 3. The molecule has 1 aliphatic heterocycles. The van der Waals surface area contributed by atoms with Gasteiger partial charge in [-0.15, -0.1) is 13.2 Å². The van der Waals surface area contributed by atoms with Gasteiger partial charge in [0.15, 0.2) is 0 Å². The van der Waals surface area contributed by atoms with E-state index in [1.165, 1.54) is 29.2 Å². The second-order valence-electron chi connectivity index (χ2n) is 9.99. The number of aliphatic carboxylic acids is 1. The van der Waals surface area contributed by atoms with E-state index in [1.807, 2.05) is 0 Å². The number of aryl methyl sites for hydroxylation is 2. The lowest BCUT2D eigenvalue weighted by atomic mass is 9.77. The number of halogens is 3. The van der Waals surface area contributed by atoms with Crippen LogP contribution < -0.4 is 19.7 Å². The molecule has 1 aliphatic rings. The maximum atomic E-state index is 13.7. The Balaban J connectivity index is 1.63. The zero-order valence-electron chi connectivity index (χ0n) is 23.1. The van der Waals surface area contributed by atoms with E-state index >= 15 is 0 Å². The molecule has 12 heteroatoms. The summed E-state index contributed by atoms with van der Waals surface area (Å²) in [6.45, 7) is 3.18. The monoisotopic (exact) mass is 592 g/mol. The van der Waals surface area contributed by atoms with Gasteiger partial charge in [0.05, 0.1) is 13.1 Å². The molecule has 2 atom stereocenters. The van der Waals surface area contributed by atoms with Gasteiger partial charge < -0.3 is 19.5 Å². The molecule has 2 unspecified atom stereocenters. The summed E-state index contributed by atoms with van der Waals surface area (Å²) in [6, 6.07) is 22.4. The molecule has 0 bridgehead atoms. The Morgan fingerprint density at radius 3 is 2.26 bits per heavy atom. The van der Waals surface area contributed by atoms with Crippen molar-refractivity contribution in [2.45, 2.75) is 38.4 Å². The second-order valence-corrected chi connectivity index (χ2v) is 9.99. The molecule has 43 heavy (non-hydrogen) atoms. The Hall–Kier alpha value is -4.97. The van der Waals surface area contributed by atoms with E-state index in [2.05, 4.69) is 20.0 Å². The number of carboxylic acids is 1. The number of anilines is 1. The third-order valence-corrected chi connectivity index (χ3v) is 6.97. The van der Waals surface area contributed by atoms with Crippen molar-refractivity contribution in [1.82, 2.24) is 15.3 Å². The molecule has 0 saturated carbocycles. The van der Waals surface area contributed by atoms with Crippen LogP contribution in [-0.2, 0) is 21.7 Å². The first-order valence-electron chi connectivity index (χ1n) is 13.2. The van der Waals surface area contributed by atoms with Gasteiger partial charge in [-0.05, 0) is 49.2 Å². The van der Waals surface area contributed by atoms with Gasteiger partial charge in [-0.3, -0.25) is 10.1 Å². The smallest absolute Gasteiger partial charge is 0.478 e. The number of benzene rings is 3. The lowest BCUT2D eigenvalue weighted by Crippen LogP contribution is -2.58. The summed E-state index contributed by atoms with van der Waals surface area (Å²) in [5.74, 6) is -2.11. The van der Waals surface area contributed by atoms with E-state index in [0.717, 1.165) is 0 Å². The SMILES string of the molecule is Cc1cc(C)nc(OC(C(=O)O)C2(c3ccccc3)NCC(=O)N(Cc3ccc(OC(F)(F)F)cc3)c3ccccc32)n1. The number of amides is 1. The third-order valence-electron chi connectivity index (χ3n) is 6.97. The Morgan fingerprint density at radius 1 is 1.00 bits per heavy atom. The van der Waals surface area contributed by atoms with Gasteiger partial charge >= 0.3 is 18.3 Å². The first kappa shape index (κ1) is 29.5. The average Bonchev–Trinajstić information content (AvgIpc) is 3.07. The minimum absolute atomic E-state index is 0.00647. The van der Waals surface area contributed by atoms with E-state index in [-0.39, 0.29) is 19.1 Å². The Morgan fingerprint density at radius 2 is 1.63 bits per heavy atom. The zero-order chi connectivity index (χ0) is 30.8. The van der Waals surface area contributed by atoms with Crippen LogP contribution in [0.25, 0.3) is 0 Å². The fourth-order valence-electron chi connectivity index (χ4n) is 5.25. The molecule has 0 aliphatic carbocycles. The van der Waals surface area contributed by atoms with Gasteiger partial charge in [0, 0.05) is 22.6 Å². The lowest BCUT2D eigenvalue weighted by molar-refractivity contribution is -0.274. The number of carbonyl (C=O) groups excluding carboxylic acids is 1. The quantitative estimate of drug-likeness (QED) is 0.297. The van der Waals surface area contributed by atoms with Crippen molar-refractivity contribution in [2.75, 3.05) is 11.4 Å². The highest BCUT2D eigenvalue weighted by Crippen LogP contribution is 2.42. The largest absolute Gasteiger partial charge is 0.573 e. The highest BCUT2D eigenvalue weighted by Gasteiger charge is 2.52. The molecule has 2 heterocycles. The van der Waals surface area contributed by atoms with Crippen molar-refractivity contribution >= 4 is 17.6 Å². The van der Waals surface area contributed by atoms with E-state index < -0.39 is 35.6 Å². The van der Waals surface area contributed by atoms with Crippen LogP contribution in [0, 0.1) is 13.8 Å². The molecule has 3 aromatic carbocycles. The lowest BCUT2D eigenvalue weighted by Gasteiger charge is -2.39. The van der Waals surface area contributed by atoms with Crippen LogP contribution in [-0.4, -0.2) is 46.0 Å². The molecule has 222 valence electrons. The predicted molar refractivity (Wildman–Crippen MR) is 150 cm³/mol. The number of para-hydroxylation sites is 1. The highest BCUT2D eigenvalue weighted by atomic mass is 19.4. The summed E-state index contributed by atoms with van der Waals surface area (Å²) in [6.07, 6.45) is -6.47. The number of aromatic nitrogens is 2. The second kappa shape index (κ2) is 11.7. The number of ether oxygens (including phenoxy) is 2. The summed E-state index contributed by atoms with van der Waals surface area (Å²) in [4.78, 5) is 36.8. The fraction of sp³-hybridized carbons (Fsp3) is 0.226. The molecular formula is C31H27F3N4O5. The zero-order valence-corrected chi connectivity index (χ0v) is 23.1. The molecule has 4 aromatic rings. The molecule has 2 N–H and O–H groups in total. The number of hydrogen-bond acceptors (Lipinski definition) is 7. The van der Waals surface area contributed by atoms with Crippen LogP contribution in [0.15, 0.2) is 84.9 Å². The first-order chi connectivity index (χ1) is 20.5. The molecule has 0 spiro atoms. The number of fused-ring (bicyclic) bond motifs is 1. The van der Waals surface area contributed by atoms with Crippen molar-refractivity contribution in [3.63, 3.8) is 0 Å². The molecule has 0 saturated heterocycles. The van der Waals surface area contributed by atoms with Crippen LogP contribution in [0.2, 0.25) is 0 Å². The summed E-state index contributed by atoms with van der Waals surface area (Å²) in [7, 11) is 0. The van der Waals surface area contributed by atoms with Gasteiger partial charge in [0.1, 0.15) is 11.3 Å². The predicted octanol–water partition coefficient (Wildman–Crippen LogP) is 4.90. The Kier molecular flexibility index (Phi) is 8.05. The van der Waals surface area contributed by atoms with Crippen LogP contribution in [0.1, 0.15) is 28.1 Å². The first-order valence-corrected chi connectivity index (χ1v) is 13.2. The maximum Gasteiger partial charge on any atom is 0.573 e. The number of carbonyl (C=O) groups is 2. The van der Waals surface area contributed by atoms with Gasteiger partial charge in [0.25, 0.3) is 0 Å². The minimum atomic E-state index is -4.83. The Bertz CT molecular complexity index is 1610. The van der Waals surface area contributed by atoms with Crippen LogP contribution in [0.5, 0.6) is 11.8 Å². The summed E-state index contributed by atoms with van der Waals surface area (Å²) >= 11 is 0. The number of nitrogens with one attached hydrogen (secondary N) is 1. The molecule has 9 nitrogen and oxygen atoms in total. The Labute approximate surface area is 244 Å². The third kappa shape index (κ3) is 6.28. The maximum absolute atomic E-state index is 13.7. The summed E-state index contributed by atoms with van der Waals surface area (Å²) in [5.41, 5.74) is 1.45. The normalized spacial score (nSPS) is 17.5. The molecular weight excluding hydrogens is 565 g/mol. The van der Waals surface area contributed by atoms with Gasteiger partial charge in [-0.25, -0.2) is 14.8 Å². The number of carboxylic acid groups (broad SMARTS) is 1. The molecule has 1 amide bonds. The standard InChI is InChI=1S/C31H27F3N4O5/c1-19-16-20(2)37-29(36-19)42-27(28(40)41)30(22-8-4-3-5-9-22)24-10-6-7-11-25(24)38(26(39)17-35-30)18-21-12-14-23(15-13-21)43-31(32,33)34/h3-16,27,35H,17-18H2,1-2H3,(H,40,41). The topological polar surface area (TPSA) is 114 Å². The summed E-state index contributed by atoms with van der Waals surface area (Å²) < 4.78 is 48.0. The van der Waals surface area contributed by atoms with Gasteiger partial charge in [0.2, 0.25) is 12.0 Å². The summed E-state index contributed by atoms with van der Waals surface area (Å²) in [5, 5.41) is 13.8. The van der Waals surface area contributed by atoms with Crippen molar-refractivity contribution in [3.05, 3.63) is 113 Å². The molecule has 1 aromatic heterocycles. The highest BCUT2D eigenvalue weighted by molar-refractivity contribution is 5.97. The van der Waals surface area contributed by atoms with Crippen LogP contribution in [0.3, 0.4) is 0 Å². The molecule has 0 fully saturated rings. The number of rotatable bonds is 8. The average molecular weight is 593 g/mol. The van der Waals surface area contributed by atoms with Crippen LogP contribution in [0.4, 0.5) is 18.9 Å². The van der Waals surface area contributed by atoms with E-state index in [4.69, 9.17) is 4.74 Å². The van der Waals surface area contributed by atoms with E-state index in [9.17, 15) is 27.9 Å². The van der Waals surface area contributed by atoms with E-state index in [0.29, 0.717) is 33.8 Å². The van der Waals surface area contributed by atoms with Crippen molar-refractivity contribution in [2.24, 2.45) is 0 Å². The molecule has 5 rings (SSSR count). The van der Waals surface area contributed by atoms with Crippen molar-refractivity contribution < 1.29 is 37.3 Å². The number of hydrogen-bond donors (Lipinski definition) is 2. The van der Waals surface area contributed by atoms with E-state index in [1.54, 1.807) is 74.5 Å². The van der Waals surface area contributed by atoms with Gasteiger partial charge in [-0.1, -0.05) is 60.7 Å². The van der Waals surface area contributed by atoms with Crippen molar-refractivity contribution in [1.29, 1.82) is 0 Å². The molecule has 0 radical (unpaired) electrons. The van der Waals surface area contributed by atoms with Crippen molar-refractivity contribution in [3.8, 4) is 11.8 Å². The van der Waals surface area contributed by atoms with Crippen LogP contribution >= 0.6 is 0 Å². The number of nitrogens with zero attached hydrogens (tertiary/aromatic N) is 3. The fourth-order valence-corrected chi connectivity index (χ4v) is 5.25.